The van der Waals surface area contributed by atoms with E-state index in [1.165, 1.54) is 64.2 Å². The van der Waals surface area contributed by atoms with Gasteiger partial charge in [0.2, 0.25) is 5.78 Å². The first-order valence-corrected chi connectivity index (χ1v) is 12.5. The summed E-state index contributed by atoms with van der Waals surface area (Å²) in [5, 5.41) is 19.9. The number of hydrogen-bond donors (Lipinski definition) is 3. The van der Waals surface area contributed by atoms with Gasteiger partial charge in [-0.05, 0) is 12.8 Å². The van der Waals surface area contributed by atoms with Crippen LogP contribution < -0.4 is 5.73 Å². The summed E-state index contributed by atoms with van der Waals surface area (Å²) in [6, 6.07) is -1.07. The third kappa shape index (κ3) is 14.4. The molecule has 0 bridgehead atoms. The highest BCUT2D eigenvalue weighted by molar-refractivity contribution is 9.40. The zero-order valence-corrected chi connectivity index (χ0v) is 21.1. The number of aliphatic hydroxyl groups excluding tert-OH is 2. The van der Waals surface area contributed by atoms with Gasteiger partial charge in [-0.2, -0.15) is 0 Å². The number of halogens is 3. The number of Topliss-reactive ketones (excluding diaryl/α,β-unsaturated/α-hetero) is 1. The zero-order chi connectivity index (χ0) is 20.7. The Balaban J connectivity index is 3.74. The smallest absolute Gasteiger partial charge is 0.201 e. The molecule has 0 fully saturated rings. The van der Waals surface area contributed by atoms with Gasteiger partial charge in [-0.25, -0.2) is 0 Å². The molecule has 0 aliphatic carbocycles. The number of carbonyl (C=O) groups is 1. The summed E-state index contributed by atoms with van der Waals surface area (Å²) in [7, 11) is 0. The Bertz CT molecular complexity index is 414. The Morgan fingerprint density at radius 2 is 1.37 bits per heavy atom. The first-order chi connectivity index (χ1) is 12.7. The number of rotatable bonds is 16. The maximum atomic E-state index is 11.9. The van der Waals surface area contributed by atoms with Crippen molar-refractivity contribution < 1.29 is 15.0 Å². The van der Waals surface area contributed by atoms with Gasteiger partial charge < -0.3 is 15.9 Å². The van der Waals surface area contributed by atoms with E-state index < -0.39 is 26.2 Å². The van der Waals surface area contributed by atoms with E-state index in [-0.39, 0.29) is 0 Å². The van der Waals surface area contributed by atoms with Crippen LogP contribution in [0.15, 0.2) is 12.2 Å². The second kappa shape index (κ2) is 16.5. The summed E-state index contributed by atoms with van der Waals surface area (Å²) in [5.74, 6) is -0.590. The van der Waals surface area contributed by atoms with E-state index in [4.69, 9.17) is 5.73 Å². The van der Waals surface area contributed by atoms with Crippen LogP contribution in [0.4, 0.5) is 0 Å². The van der Waals surface area contributed by atoms with Crippen LogP contribution in [0, 0.1) is 0 Å². The lowest BCUT2D eigenvalue weighted by atomic mass is 10.0. The van der Waals surface area contributed by atoms with Crippen molar-refractivity contribution in [3.8, 4) is 0 Å². The van der Waals surface area contributed by atoms with E-state index in [1.54, 1.807) is 6.08 Å². The fraction of sp³-hybridized carbons (Fsp3) is 0.850. The molecule has 0 heterocycles. The first kappa shape index (κ1) is 27.7. The quantitative estimate of drug-likeness (QED) is 0.125. The molecule has 7 heteroatoms. The lowest BCUT2D eigenvalue weighted by molar-refractivity contribution is -0.127. The molecular formula is C20H36Br3NO3. The maximum absolute atomic E-state index is 11.9. The Morgan fingerprint density at radius 3 is 1.81 bits per heavy atom. The van der Waals surface area contributed by atoms with Gasteiger partial charge >= 0.3 is 0 Å². The fourth-order valence-corrected chi connectivity index (χ4v) is 3.52. The molecule has 3 atom stereocenters. The minimum absolute atomic E-state index is 0.590. The predicted molar refractivity (Wildman–Crippen MR) is 125 cm³/mol. The summed E-state index contributed by atoms with van der Waals surface area (Å²) < 4.78 is -1.23. The van der Waals surface area contributed by atoms with Crippen LogP contribution in [0.1, 0.15) is 84.0 Å². The average molecular weight is 578 g/mol. The summed E-state index contributed by atoms with van der Waals surface area (Å²) in [6.07, 6.45) is 16.1. The van der Waals surface area contributed by atoms with Gasteiger partial charge in [-0.3, -0.25) is 4.79 Å². The Kier molecular flexibility index (Phi) is 17.0. The molecule has 0 aromatic heterocycles. The molecular weight excluding hydrogens is 542 g/mol. The molecule has 0 spiro atoms. The van der Waals surface area contributed by atoms with Crippen molar-refractivity contribution >= 4 is 53.6 Å². The van der Waals surface area contributed by atoms with Crippen molar-refractivity contribution in [2.24, 2.45) is 5.73 Å². The second-order valence-corrected chi connectivity index (χ2v) is 13.9. The molecule has 0 aliphatic heterocycles. The third-order valence-corrected chi connectivity index (χ3v) is 5.79. The standard InChI is InChI=1S/C20H36Br3NO3/c1-2-3-4-5-6-7-8-9-10-11-12-13-14-15-16(25)17(24)18(26)19(27)20(21,22)23/h14-18,25-26H,2-13,24H2,1H3/b15-14+/t16-,17-,18?/m1/s1. The number of carbonyl (C=O) groups excluding carboxylic acids is 1. The summed E-state index contributed by atoms with van der Waals surface area (Å²) >= 11 is 9.14. The molecule has 0 aromatic carbocycles. The Hall–Kier alpha value is 0.730. The van der Waals surface area contributed by atoms with E-state index in [0.717, 1.165) is 12.8 Å². The minimum atomic E-state index is -1.48. The highest BCUT2D eigenvalue weighted by atomic mass is 80.0. The van der Waals surface area contributed by atoms with Gasteiger partial charge in [0.15, 0.2) is 2.14 Å². The molecule has 0 saturated carbocycles. The monoisotopic (exact) mass is 575 g/mol. The molecule has 160 valence electrons. The van der Waals surface area contributed by atoms with Crippen LogP contribution in [0.25, 0.3) is 0 Å². The number of unbranched alkanes of at least 4 members (excludes halogenated alkanes) is 11. The number of nitrogens with two attached hydrogens (primary N) is 1. The van der Waals surface area contributed by atoms with Crippen molar-refractivity contribution in [2.75, 3.05) is 0 Å². The Labute approximate surface area is 190 Å². The van der Waals surface area contributed by atoms with Crippen LogP contribution in [-0.2, 0) is 4.79 Å². The lowest BCUT2D eigenvalue weighted by Crippen LogP contribution is -2.50. The molecule has 0 aromatic rings. The van der Waals surface area contributed by atoms with Crippen LogP contribution in [-0.4, -0.2) is 36.4 Å². The van der Waals surface area contributed by atoms with Crippen LogP contribution in [0.2, 0.25) is 0 Å². The predicted octanol–water partition coefficient (Wildman–Crippen LogP) is 5.70. The van der Waals surface area contributed by atoms with Crippen molar-refractivity contribution in [3.63, 3.8) is 0 Å². The van der Waals surface area contributed by atoms with E-state index in [2.05, 4.69) is 54.7 Å². The van der Waals surface area contributed by atoms with Gasteiger partial charge in [0, 0.05) is 0 Å². The van der Waals surface area contributed by atoms with Crippen LogP contribution in [0.5, 0.6) is 0 Å². The highest BCUT2D eigenvalue weighted by Crippen LogP contribution is 2.35. The molecule has 0 radical (unpaired) electrons. The Morgan fingerprint density at radius 1 is 0.926 bits per heavy atom. The van der Waals surface area contributed by atoms with E-state index in [0.29, 0.717) is 0 Å². The minimum Gasteiger partial charge on any atom is -0.387 e. The first-order valence-electron chi connectivity index (χ1n) is 10.1. The fourth-order valence-electron chi connectivity index (χ4n) is 2.82. The van der Waals surface area contributed by atoms with E-state index >= 15 is 0 Å². The van der Waals surface area contributed by atoms with Crippen molar-refractivity contribution in [1.82, 2.24) is 0 Å². The molecule has 4 nitrogen and oxygen atoms in total. The SMILES string of the molecule is CCCCCCCCCCCCC/C=C/[C@@H](O)[C@@H](N)C(O)C(=O)C(Br)(Br)Br. The van der Waals surface area contributed by atoms with Gasteiger partial charge in [0.25, 0.3) is 0 Å². The largest absolute Gasteiger partial charge is 0.387 e. The van der Waals surface area contributed by atoms with Crippen molar-refractivity contribution in [2.45, 2.75) is 104 Å². The maximum Gasteiger partial charge on any atom is 0.201 e. The third-order valence-electron chi connectivity index (χ3n) is 4.61. The lowest BCUT2D eigenvalue weighted by Gasteiger charge is -2.24. The molecule has 1 unspecified atom stereocenters. The number of hydrogen-bond acceptors (Lipinski definition) is 4. The summed E-state index contributed by atoms with van der Waals surface area (Å²) in [6.45, 7) is 2.25. The van der Waals surface area contributed by atoms with Gasteiger partial charge in [0.1, 0.15) is 6.10 Å². The normalized spacial score (nSPS) is 15.8. The van der Waals surface area contributed by atoms with Crippen molar-refractivity contribution in [1.29, 1.82) is 0 Å². The number of ketones is 1. The summed E-state index contributed by atoms with van der Waals surface area (Å²) in [5.41, 5.74) is 5.77. The molecule has 0 saturated heterocycles. The van der Waals surface area contributed by atoms with Crippen LogP contribution in [0.3, 0.4) is 0 Å². The second-order valence-electron chi connectivity index (χ2n) is 7.13. The number of alkyl halides is 3. The van der Waals surface area contributed by atoms with Crippen LogP contribution >= 0.6 is 47.8 Å². The average Bonchev–Trinajstić information content (AvgIpc) is 2.62. The highest BCUT2D eigenvalue weighted by Gasteiger charge is 2.38. The van der Waals surface area contributed by atoms with Gasteiger partial charge in [0.05, 0.1) is 12.1 Å². The molecule has 0 amide bonds. The molecule has 0 rings (SSSR count). The molecule has 4 N–H and O–H groups in total. The van der Waals surface area contributed by atoms with E-state index in [1.807, 2.05) is 6.08 Å². The zero-order valence-electron chi connectivity index (χ0n) is 16.4. The molecule has 0 aliphatic rings. The van der Waals surface area contributed by atoms with E-state index in [9.17, 15) is 15.0 Å². The molecule has 27 heavy (non-hydrogen) atoms. The topological polar surface area (TPSA) is 83.6 Å². The van der Waals surface area contributed by atoms with Gasteiger partial charge in [-0.1, -0.05) is 131 Å². The number of allylic oxidation sites excluding steroid dienone is 1. The van der Waals surface area contributed by atoms with Crippen molar-refractivity contribution in [3.05, 3.63) is 12.2 Å². The van der Waals surface area contributed by atoms with Gasteiger partial charge in [-0.15, -0.1) is 0 Å². The number of aliphatic hydroxyl groups is 2. The summed E-state index contributed by atoms with van der Waals surface area (Å²) in [4.78, 5) is 11.9.